The van der Waals surface area contributed by atoms with E-state index in [4.69, 9.17) is 0 Å². The van der Waals surface area contributed by atoms with Gasteiger partial charge in [-0.2, -0.15) is 0 Å². The van der Waals surface area contributed by atoms with Gasteiger partial charge in [0.1, 0.15) is 0 Å². The summed E-state index contributed by atoms with van der Waals surface area (Å²) in [4.78, 5) is 12.3. The molecule has 2 unspecified atom stereocenters. The smallest absolute Gasteiger partial charge is 0.221 e. The van der Waals surface area contributed by atoms with E-state index in [2.05, 4.69) is 23.5 Å². The number of hydrogen-bond donors (Lipinski definition) is 2. The summed E-state index contributed by atoms with van der Waals surface area (Å²) in [7, 11) is 0. The highest BCUT2D eigenvalue weighted by atomic mass is 16.3. The predicted molar refractivity (Wildman–Crippen MR) is 86.5 cm³/mol. The van der Waals surface area contributed by atoms with Crippen molar-refractivity contribution in [3.8, 4) is 0 Å². The molecule has 2 aromatic carbocycles. The lowest BCUT2D eigenvalue weighted by Gasteiger charge is -2.18. The van der Waals surface area contributed by atoms with Crippen molar-refractivity contribution in [2.24, 2.45) is 0 Å². The standard InChI is InChI=1S/C19H21NO2/c21-13-18(15-7-2-1-3-8-15)20-19(22)12-16-11-10-14-6-4-5-9-17(14)16/h1-9,16,18,21H,10-13H2,(H,20,22). The van der Waals surface area contributed by atoms with Crippen molar-refractivity contribution >= 4 is 5.91 Å². The van der Waals surface area contributed by atoms with E-state index in [0.717, 1.165) is 18.4 Å². The van der Waals surface area contributed by atoms with Crippen LogP contribution >= 0.6 is 0 Å². The molecule has 1 aliphatic rings. The monoisotopic (exact) mass is 295 g/mol. The number of hydrogen-bond acceptors (Lipinski definition) is 2. The normalized spacial score (nSPS) is 17.8. The molecule has 0 aromatic heterocycles. The van der Waals surface area contributed by atoms with Crippen molar-refractivity contribution in [2.45, 2.75) is 31.2 Å². The first-order chi connectivity index (χ1) is 10.8. The Morgan fingerprint density at radius 2 is 1.86 bits per heavy atom. The van der Waals surface area contributed by atoms with Gasteiger partial charge in [0.05, 0.1) is 12.6 Å². The van der Waals surface area contributed by atoms with Gasteiger partial charge in [-0.3, -0.25) is 4.79 Å². The molecule has 1 amide bonds. The number of nitrogens with one attached hydrogen (secondary N) is 1. The zero-order valence-electron chi connectivity index (χ0n) is 12.5. The average Bonchev–Trinajstić information content (AvgIpc) is 2.96. The van der Waals surface area contributed by atoms with E-state index in [-0.39, 0.29) is 18.6 Å². The summed E-state index contributed by atoms with van der Waals surface area (Å²) in [6, 6.07) is 17.6. The van der Waals surface area contributed by atoms with Crippen LogP contribution in [0.25, 0.3) is 0 Å². The first kappa shape index (κ1) is 14.8. The minimum absolute atomic E-state index is 0.00426. The molecule has 2 atom stereocenters. The van der Waals surface area contributed by atoms with Crippen LogP contribution in [0.15, 0.2) is 54.6 Å². The maximum absolute atomic E-state index is 12.3. The van der Waals surface area contributed by atoms with Crippen LogP contribution in [0.5, 0.6) is 0 Å². The van der Waals surface area contributed by atoms with Crippen molar-refractivity contribution in [1.29, 1.82) is 0 Å². The molecule has 0 saturated carbocycles. The Labute approximate surface area is 131 Å². The molecule has 2 N–H and O–H groups in total. The number of aliphatic hydroxyl groups is 1. The van der Waals surface area contributed by atoms with Crippen molar-refractivity contribution in [1.82, 2.24) is 5.32 Å². The summed E-state index contributed by atoms with van der Waals surface area (Å²) in [5.74, 6) is 0.302. The number of carbonyl (C=O) groups excluding carboxylic acids is 1. The molecule has 1 aliphatic carbocycles. The lowest BCUT2D eigenvalue weighted by Crippen LogP contribution is -2.31. The van der Waals surface area contributed by atoms with Crippen LogP contribution in [0, 0.1) is 0 Å². The summed E-state index contributed by atoms with van der Waals surface area (Å²) in [5, 5.41) is 12.5. The third-order valence-electron chi connectivity index (χ3n) is 4.41. The van der Waals surface area contributed by atoms with Gasteiger partial charge in [-0.05, 0) is 35.4 Å². The summed E-state index contributed by atoms with van der Waals surface area (Å²) in [6.45, 7) is -0.0863. The zero-order chi connectivity index (χ0) is 15.4. The summed E-state index contributed by atoms with van der Waals surface area (Å²) in [5.41, 5.74) is 3.60. The van der Waals surface area contributed by atoms with E-state index in [9.17, 15) is 9.90 Å². The minimum Gasteiger partial charge on any atom is -0.394 e. The van der Waals surface area contributed by atoms with E-state index in [1.165, 1.54) is 11.1 Å². The maximum atomic E-state index is 12.3. The number of fused-ring (bicyclic) bond motifs is 1. The van der Waals surface area contributed by atoms with Gasteiger partial charge in [-0.1, -0.05) is 54.6 Å². The summed E-state index contributed by atoms with van der Waals surface area (Å²) in [6.07, 6.45) is 2.57. The van der Waals surface area contributed by atoms with Gasteiger partial charge >= 0.3 is 0 Å². The van der Waals surface area contributed by atoms with E-state index in [0.29, 0.717) is 12.3 Å². The number of aliphatic hydroxyl groups excluding tert-OH is 1. The summed E-state index contributed by atoms with van der Waals surface area (Å²) >= 11 is 0. The van der Waals surface area contributed by atoms with Crippen LogP contribution in [0.2, 0.25) is 0 Å². The van der Waals surface area contributed by atoms with Gasteiger partial charge in [0.25, 0.3) is 0 Å². The Hall–Kier alpha value is -2.13. The molecule has 3 heteroatoms. The van der Waals surface area contributed by atoms with E-state index in [1.54, 1.807) is 0 Å². The molecule has 0 spiro atoms. The highest BCUT2D eigenvalue weighted by molar-refractivity contribution is 5.77. The maximum Gasteiger partial charge on any atom is 0.221 e. The Bertz CT molecular complexity index is 633. The Kier molecular flexibility index (Phi) is 4.54. The van der Waals surface area contributed by atoms with Gasteiger partial charge in [0.15, 0.2) is 0 Å². The van der Waals surface area contributed by atoms with Crippen molar-refractivity contribution in [3.63, 3.8) is 0 Å². The second-order valence-electron chi connectivity index (χ2n) is 5.85. The van der Waals surface area contributed by atoms with Crippen LogP contribution in [0.1, 0.15) is 41.5 Å². The van der Waals surface area contributed by atoms with Gasteiger partial charge in [0, 0.05) is 6.42 Å². The molecule has 2 aromatic rings. The second kappa shape index (κ2) is 6.75. The lowest BCUT2D eigenvalue weighted by atomic mass is 9.97. The van der Waals surface area contributed by atoms with E-state index >= 15 is 0 Å². The van der Waals surface area contributed by atoms with Crippen molar-refractivity contribution in [2.75, 3.05) is 6.61 Å². The first-order valence-electron chi connectivity index (χ1n) is 7.81. The summed E-state index contributed by atoms with van der Waals surface area (Å²) < 4.78 is 0. The largest absolute Gasteiger partial charge is 0.394 e. The molecule has 22 heavy (non-hydrogen) atoms. The van der Waals surface area contributed by atoms with Crippen LogP contribution in [0.4, 0.5) is 0 Å². The quantitative estimate of drug-likeness (QED) is 0.891. The minimum atomic E-state index is -0.328. The third-order valence-corrected chi connectivity index (χ3v) is 4.41. The van der Waals surface area contributed by atoms with E-state index < -0.39 is 0 Å². The molecule has 0 radical (unpaired) electrons. The van der Waals surface area contributed by atoms with Gasteiger partial charge in [0.2, 0.25) is 5.91 Å². The van der Waals surface area contributed by atoms with E-state index in [1.807, 2.05) is 36.4 Å². The fourth-order valence-corrected chi connectivity index (χ4v) is 3.25. The van der Waals surface area contributed by atoms with Crippen LogP contribution in [-0.2, 0) is 11.2 Å². The molecule has 0 fully saturated rings. The molecule has 114 valence electrons. The van der Waals surface area contributed by atoms with Crippen molar-refractivity contribution in [3.05, 3.63) is 71.3 Å². The highest BCUT2D eigenvalue weighted by Crippen LogP contribution is 2.35. The number of aryl methyl sites for hydroxylation is 1. The highest BCUT2D eigenvalue weighted by Gasteiger charge is 2.25. The van der Waals surface area contributed by atoms with Gasteiger partial charge < -0.3 is 10.4 Å². The topological polar surface area (TPSA) is 49.3 Å². The number of carbonyl (C=O) groups is 1. The van der Waals surface area contributed by atoms with Crippen LogP contribution < -0.4 is 5.32 Å². The molecule has 3 nitrogen and oxygen atoms in total. The lowest BCUT2D eigenvalue weighted by molar-refractivity contribution is -0.122. The van der Waals surface area contributed by atoms with Gasteiger partial charge in [-0.15, -0.1) is 0 Å². The first-order valence-corrected chi connectivity index (χ1v) is 7.81. The van der Waals surface area contributed by atoms with Gasteiger partial charge in [-0.25, -0.2) is 0 Å². The molecule has 0 heterocycles. The molecule has 0 saturated heterocycles. The Balaban J connectivity index is 1.63. The molecule has 0 bridgehead atoms. The number of rotatable bonds is 5. The number of amides is 1. The fraction of sp³-hybridized carbons (Fsp3) is 0.316. The molecule has 3 rings (SSSR count). The molecule has 0 aliphatic heterocycles. The number of benzene rings is 2. The van der Waals surface area contributed by atoms with Crippen LogP contribution in [-0.4, -0.2) is 17.6 Å². The predicted octanol–water partition coefficient (Wildman–Crippen LogP) is 2.96. The average molecular weight is 295 g/mol. The van der Waals surface area contributed by atoms with Crippen LogP contribution in [0.3, 0.4) is 0 Å². The second-order valence-corrected chi connectivity index (χ2v) is 5.85. The molecular weight excluding hydrogens is 274 g/mol. The zero-order valence-corrected chi connectivity index (χ0v) is 12.5. The van der Waals surface area contributed by atoms with Crippen molar-refractivity contribution < 1.29 is 9.90 Å². The molecular formula is C19H21NO2. The third kappa shape index (κ3) is 3.20. The fourth-order valence-electron chi connectivity index (χ4n) is 3.25. The SMILES string of the molecule is O=C(CC1CCc2ccccc21)NC(CO)c1ccccc1. The Morgan fingerprint density at radius 3 is 2.64 bits per heavy atom. The Morgan fingerprint density at radius 1 is 1.14 bits per heavy atom.